The Hall–Kier alpha value is -2.28. The van der Waals surface area contributed by atoms with E-state index in [2.05, 4.69) is 0 Å². The molecule has 1 aliphatic rings. The van der Waals surface area contributed by atoms with Crippen LogP contribution in [0.15, 0.2) is 24.3 Å². The van der Waals surface area contributed by atoms with Crippen LogP contribution in [0.3, 0.4) is 0 Å². The zero-order valence-corrected chi connectivity index (χ0v) is 12.0. The van der Waals surface area contributed by atoms with Gasteiger partial charge in [0.05, 0.1) is 20.3 Å². The number of benzene rings is 1. The number of carboxylic acid groups (broad SMARTS) is 1. The smallest absolute Gasteiger partial charge is 0.334 e. The molecule has 2 amide bonds. The van der Waals surface area contributed by atoms with E-state index in [-0.39, 0.29) is 19.2 Å². The lowest BCUT2D eigenvalue weighted by molar-refractivity contribution is -0.154. The normalized spacial score (nSPS) is 18.2. The number of amides is 2. The lowest BCUT2D eigenvalue weighted by Crippen LogP contribution is -2.52. The highest BCUT2D eigenvalue weighted by atomic mass is 16.5. The van der Waals surface area contributed by atoms with Crippen LogP contribution in [-0.2, 0) is 9.53 Å². The summed E-state index contributed by atoms with van der Waals surface area (Å²) in [6.45, 7) is 0.633. The molecule has 1 unspecified atom stereocenters. The van der Waals surface area contributed by atoms with Crippen LogP contribution in [0.4, 0.5) is 10.5 Å². The van der Waals surface area contributed by atoms with E-state index >= 15 is 0 Å². The Morgan fingerprint density at radius 3 is 2.90 bits per heavy atom. The van der Waals surface area contributed by atoms with Crippen LogP contribution in [-0.4, -0.2) is 62.0 Å². The summed E-state index contributed by atoms with van der Waals surface area (Å²) in [5.41, 5.74) is 0.678. The first-order chi connectivity index (χ1) is 10.0. The lowest BCUT2D eigenvalue weighted by atomic mass is 10.2. The molecule has 2 rings (SSSR count). The molecule has 0 radical (unpaired) electrons. The number of hydrogen-bond acceptors (Lipinski definition) is 4. The molecule has 7 heteroatoms. The number of hydrogen-bond donors (Lipinski definition) is 1. The number of methoxy groups -OCH3 is 1. The minimum absolute atomic E-state index is 0.0441. The second-order valence-corrected chi connectivity index (χ2v) is 4.69. The lowest BCUT2D eigenvalue weighted by Gasteiger charge is -2.33. The van der Waals surface area contributed by atoms with Crippen molar-refractivity contribution in [2.24, 2.45) is 0 Å². The Balaban J connectivity index is 2.09. The summed E-state index contributed by atoms with van der Waals surface area (Å²) >= 11 is 0. The first kappa shape index (κ1) is 15.1. The maximum atomic E-state index is 12.4. The average Bonchev–Trinajstić information content (AvgIpc) is 2.53. The standard InChI is InChI=1S/C14H18N2O5/c1-15(10-4-3-5-11(8-10)20-2)14(19)16-6-7-21-12(9-16)13(17)18/h3-5,8,12H,6-7,9H2,1-2H3,(H,17,18). The van der Waals surface area contributed by atoms with Crippen LogP contribution in [0, 0.1) is 0 Å². The number of urea groups is 1. The highest BCUT2D eigenvalue weighted by Crippen LogP contribution is 2.21. The molecular weight excluding hydrogens is 276 g/mol. The van der Waals surface area contributed by atoms with Gasteiger partial charge in [-0.25, -0.2) is 9.59 Å². The van der Waals surface area contributed by atoms with E-state index in [9.17, 15) is 9.59 Å². The molecule has 1 atom stereocenters. The molecule has 1 saturated heterocycles. The summed E-state index contributed by atoms with van der Waals surface area (Å²) in [6, 6.07) is 6.84. The number of morpholine rings is 1. The molecule has 21 heavy (non-hydrogen) atoms. The van der Waals surface area contributed by atoms with Crippen molar-refractivity contribution < 1.29 is 24.2 Å². The van der Waals surface area contributed by atoms with Crippen molar-refractivity contribution in [1.29, 1.82) is 0 Å². The molecule has 0 aliphatic carbocycles. The van der Waals surface area contributed by atoms with E-state index in [0.717, 1.165) is 0 Å². The summed E-state index contributed by atoms with van der Waals surface area (Å²) in [5.74, 6) is -0.408. The van der Waals surface area contributed by atoms with Crippen molar-refractivity contribution in [1.82, 2.24) is 4.90 Å². The first-order valence-corrected chi connectivity index (χ1v) is 6.54. The number of nitrogens with zero attached hydrogens (tertiary/aromatic N) is 2. The maximum absolute atomic E-state index is 12.4. The maximum Gasteiger partial charge on any atom is 0.334 e. The molecule has 1 aromatic carbocycles. The van der Waals surface area contributed by atoms with E-state index in [0.29, 0.717) is 18.0 Å². The Morgan fingerprint density at radius 1 is 1.48 bits per heavy atom. The summed E-state index contributed by atoms with van der Waals surface area (Å²) in [6.07, 6.45) is -0.971. The number of carbonyl (C=O) groups is 2. The highest BCUT2D eigenvalue weighted by Gasteiger charge is 2.30. The molecule has 0 bridgehead atoms. The minimum Gasteiger partial charge on any atom is -0.497 e. The van der Waals surface area contributed by atoms with E-state index in [1.165, 1.54) is 9.80 Å². The Kier molecular flexibility index (Phi) is 4.64. The third kappa shape index (κ3) is 3.43. The van der Waals surface area contributed by atoms with Gasteiger partial charge in [0.25, 0.3) is 0 Å². The predicted octanol–water partition coefficient (Wildman–Crippen LogP) is 1.04. The van der Waals surface area contributed by atoms with Gasteiger partial charge in [-0.3, -0.25) is 4.90 Å². The van der Waals surface area contributed by atoms with Crippen LogP contribution in [0.1, 0.15) is 0 Å². The van der Waals surface area contributed by atoms with Crippen molar-refractivity contribution in [2.45, 2.75) is 6.10 Å². The molecule has 0 spiro atoms. The van der Waals surface area contributed by atoms with Gasteiger partial charge in [0.15, 0.2) is 6.10 Å². The van der Waals surface area contributed by atoms with Crippen molar-refractivity contribution in [3.8, 4) is 5.75 Å². The number of anilines is 1. The molecule has 0 saturated carbocycles. The Morgan fingerprint density at radius 2 is 2.24 bits per heavy atom. The number of carboxylic acids is 1. The number of ether oxygens (including phenoxy) is 2. The topological polar surface area (TPSA) is 79.3 Å². The zero-order chi connectivity index (χ0) is 15.4. The third-order valence-electron chi connectivity index (χ3n) is 3.34. The second kappa shape index (κ2) is 6.45. The van der Waals surface area contributed by atoms with Gasteiger partial charge in [-0.05, 0) is 12.1 Å². The van der Waals surface area contributed by atoms with Gasteiger partial charge in [-0.15, -0.1) is 0 Å². The van der Waals surface area contributed by atoms with E-state index in [1.54, 1.807) is 38.4 Å². The van der Waals surface area contributed by atoms with Crippen LogP contribution in [0.2, 0.25) is 0 Å². The van der Waals surface area contributed by atoms with Crippen LogP contribution in [0.5, 0.6) is 5.75 Å². The fourth-order valence-electron chi connectivity index (χ4n) is 2.11. The number of carbonyl (C=O) groups excluding carboxylic acids is 1. The Labute approximate surface area is 122 Å². The van der Waals surface area contributed by atoms with Gasteiger partial charge in [0.2, 0.25) is 0 Å². The Bertz CT molecular complexity index is 534. The summed E-state index contributed by atoms with van der Waals surface area (Å²) in [4.78, 5) is 26.3. The minimum atomic E-state index is -1.06. The van der Waals surface area contributed by atoms with Crippen LogP contribution in [0.25, 0.3) is 0 Å². The van der Waals surface area contributed by atoms with Gasteiger partial charge in [0, 0.05) is 25.3 Å². The molecule has 114 valence electrons. The fraction of sp³-hybridized carbons (Fsp3) is 0.429. The van der Waals surface area contributed by atoms with Crippen molar-refractivity contribution in [2.75, 3.05) is 38.8 Å². The molecular formula is C14H18N2O5. The average molecular weight is 294 g/mol. The van der Waals surface area contributed by atoms with Gasteiger partial charge in [-0.2, -0.15) is 0 Å². The van der Waals surface area contributed by atoms with Crippen LogP contribution >= 0.6 is 0 Å². The van der Waals surface area contributed by atoms with E-state index in [1.807, 2.05) is 0 Å². The number of rotatable bonds is 3. The predicted molar refractivity (Wildman–Crippen MR) is 75.7 cm³/mol. The second-order valence-electron chi connectivity index (χ2n) is 4.69. The van der Waals surface area contributed by atoms with Gasteiger partial charge < -0.3 is 19.5 Å². The first-order valence-electron chi connectivity index (χ1n) is 6.54. The zero-order valence-electron chi connectivity index (χ0n) is 12.0. The largest absolute Gasteiger partial charge is 0.497 e. The number of aliphatic carboxylic acids is 1. The monoisotopic (exact) mass is 294 g/mol. The van der Waals surface area contributed by atoms with E-state index < -0.39 is 12.1 Å². The van der Waals surface area contributed by atoms with Crippen molar-refractivity contribution in [3.63, 3.8) is 0 Å². The molecule has 7 nitrogen and oxygen atoms in total. The van der Waals surface area contributed by atoms with Gasteiger partial charge >= 0.3 is 12.0 Å². The molecule has 0 aromatic heterocycles. The SMILES string of the molecule is COc1cccc(N(C)C(=O)N2CCOC(C(=O)O)C2)c1. The van der Waals surface area contributed by atoms with Crippen molar-refractivity contribution >= 4 is 17.7 Å². The van der Waals surface area contributed by atoms with Crippen LogP contribution < -0.4 is 9.64 Å². The molecule has 1 N–H and O–H groups in total. The summed E-state index contributed by atoms with van der Waals surface area (Å²) in [7, 11) is 3.20. The van der Waals surface area contributed by atoms with E-state index in [4.69, 9.17) is 14.6 Å². The molecule has 1 heterocycles. The van der Waals surface area contributed by atoms with Gasteiger partial charge in [-0.1, -0.05) is 6.07 Å². The fourth-order valence-corrected chi connectivity index (χ4v) is 2.11. The highest BCUT2D eigenvalue weighted by molar-refractivity contribution is 5.92. The quantitative estimate of drug-likeness (QED) is 0.901. The summed E-state index contributed by atoms with van der Waals surface area (Å²) in [5, 5.41) is 8.97. The molecule has 1 aromatic rings. The van der Waals surface area contributed by atoms with Crippen molar-refractivity contribution in [3.05, 3.63) is 24.3 Å². The third-order valence-corrected chi connectivity index (χ3v) is 3.34. The van der Waals surface area contributed by atoms with Gasteiger partial charge in [0.1, 0.15) is 5.75 Å². The molecule has 1 aliphatic heterocycles. The molecule has 1 fully saturated rings. The summed E-state index contributed by atoms with van der Waals surface area (Å²) < 4.78 is 10.2.